The maximum Gasteiger partial charge on any atom is 0.411 e. The first-order valence-corrected chi connectivity index (χ1v) is 17.8. The molecule has 1 N–H and O–H groups in total. The summed E-state index contributed by atoms with van der Waals surface area (Å²) in [5.41, 5.74) is 5.33. The number of carbonyl (C=O) groups is 2. The number of amides is 2. The van der Waals surface area contributed by atoms with Crippen LogP contribution in [0.1, 0.15) is 50.2 Å². The van der Waals surface area contributed by atoms with Gasteiger partial charge in [0.25, 0.3) is 0 Å². The largest absolute Gasteiger partial charge is 0.446 e. The zero-order valence-corrected chi connectivity index (χ0v) is 29.4. The van der Waals surface area contributed by atoms with Crippen molar-refractivity contribution in [3.63, 3.8) is 0 Å². The molecule has 0 aromatic heterocycles. The molecular weight excluding hydrogens is 618 g/mol. The molecule has 1 saturated heterocycles. The molecule has 9 nitrogen and oxygen atoms in total. The number of nitrogens with zero attached hydrogens (tertiary/aromatic N) is 2. The van der Waals surface area contributed by atoms with Crippen molar-refractivity contribution in [1.82, 2.24) is 9.80 Å². The second-order valence-corrected chi connectivity index (χ2v) is 13.3. The number of hydrogen-bond donors (Lipinski definition) is 1. The van der Waals surface area contributed by atoms with Crippen molar-refractivity contribution in [2.45, 2.75) is 64.4 Å². The van der Waals surface area contributed by atoms with Gasteiger partial charge in [-0.3, -0.25) is 15.0 Å². The van der Waals surface area contributed by atoms with Crippen LogP contribution >= 0.6 is 0 Å². The number of methoxy groups -OCH3 is 2. The third kappa shape index (κ3) is 10.9. The van der Waals surface area contributed by atoms with Crippen LogP contribution in [0.4, 0.5) is 10.5 Å². The highest BCUT2D eigenvalue weighted by Gasteiger charge is 2.42. The van der Waals surface area contributed by atoms with Crippen molar-refractivity contribution < 1.29 is 28.5 Å². The van der Waals surface area contributed by atoms with Gasteiger partial charge in [-0.15, -0.1) is 0 Å². The highest BCUT2D eigenvalue weighted by Crippen LogP contribution is 2.40. The average molecular weight is 672 g/mol. The minimum atomic E-state index is -0.420. The fraction of sp³-hybridized carbons (Fsp3) is 0.500. The Morgan fingerprint density at radius 3 is 2.24 bits per heavy atom. The van der Waals surface area contributed by atoms with E-state index in [1.54, 1.807) is 14.2 Å². The number of para-hydroxylation sites is 1. The molecular formula is C40H53N3O6. The molecule has 3 aromatic rings. The summed E-state index contributed by atoms with van der Waals surface area (Å²) in [5.74, 6) is 1.17. The molecule has 0 radical (unpaired) electrons. The second kappa shape index (κ2) is 18.9. The summed E-state index contributed by atoms with van der Waals surface area (Å²) in [5, 5.41) is 2.99. The summed E-state index contributed by atoms with van der Waals surface area (Å²) in [6.07, 6.45) is 4.12. The van der Waals surface area contributed by atoms with Crippen LogP contribution < -0.4 is 5.32 Å². The van der Waals surface area contributed by atoms with Crippen LogP contribution in [0.25, 0.3) is 11.1 Å². The van der Waals surface area contributed by atoms with E-state index in [0.29, 0.717) is 44.6 Å². The fourth-order valence-electron chi connectivity index (χ4n) is 7.09. The molecule has 9 heteroatoms. The van der Waals surface area contributed by atoms with E-state index in [1.165, 1.54) is 11.1 Å². The molecule has 49 heavy (non-hydrogen) atoms. The maximum atomic E-state index is 12.9. The molecule has 3 aromatic carbocycles. The smallest absolute Gasteiger partial charge is 0.411 e. The first-order chi connectivity index (χ1) is 23.9. The van der Waals surface area contributed by atoms with Crippen molar-refractivity contribution >= 4 is 17.7 Å². The van der Waals surface area contributed by atoms with Gasteiger partial charge in [-0.1, -0.05) is 86.1 Å². The lowest BCUT2D eigenvalue weighted by molar-refractivity contribution is -0.146. The molecule has 264 valence electrons. The van der Waals surface area contributed by atoms with Crippen molar-refractivity contribution in [2.24, 2.45) is 11.8 Å². The van der Waals surface area contributed by atoms with Gasteiger partial charge in [-0.05, 0) is 60.3 Å². The predicted molar refractivity (Wildman–Crippen MR) is 192 cm³/mol. The van der Waals surface area contributed by atoms with Gasteiger partial charge in [-0.25, -0.2) is 4.79 Å². The predicted octanol–water partition coefficient (Wildman–Crippen LogP) is 7.01. The Hall–Kier alpha value is -3.76. The zero-order valence-electron chi connectivity index (χ0n) is 29.4. The molecule has 1 aliphatic carbocycles. The lowest BCUT2D eigenvalue weighted by Crippen LogP contribution is -2.40. The minimum absolute atomic E-state index is 0.0423. The fourth-order valence-corrected chi connectivity index (χ4v) is 7.09. The highest BCUT2D eigenvalue weighted by molar-refractivity contribution is 5.91. The highest BCUT2D eigenvalue weighted by atomic mass is 16.7. The molecule has 2 amide bonds. The van der Waals surface area contributed by atoms with Gasteiger partial charge in [0, 0.05) is 46.0 Å². The van der Waals surface area contributed by atoms with E-state index in [2.05, 4.69) is 41.4 Å². The van der Waals surface area contributed by atoms with Crippen LogP contribution in [0.3, 0.4) is 0 Å². The van der Waals surface area contributed by atoms with Crippen LogP contribution in [0.15, 0.2) is 78.9 Å². The van der Waals surface area contributed by atoms with Gasteiger partial charge >= 0.3 is 6.09 Å². The minimum Gasteiger partial charge on any atom is -0.446 e. The summed E-state index contributed by atoms with van der Waals surface area (Å²) < 4.78 is 22.3. The number of nitrogens with one attached hydrogen (secondary N) is 1. The average Bonchev–Trinajstić information content (AvgIpc) is 3.67. The summed E-state index contributed by atoms with van der Waals surface area (Å²) >= 11 is 0. The van der Waals surface area contributed by atoms with E-state index in [-0.39, 0.29) is 18.1 Å². The number of hydrogen-bond acceptors (Lipinski definition) is 7. The lowest BCUT2D eigenvalue weighted by Gasteiger charge is -2.26. The van der Waals surface area contributed by atoms with Gasteiger partial charge in [0.1, 0.15) is 6.10 Å². The Labute approximate surface area is 291 Å². The van der Waals surface area contributed by atoms with Crippen LogP contribution in [-0.4, -0.2) is 87.8 Å². The third-order valence-electron chi connectivity index (χ3n) is 9.76. The Morgan fingerprint density at radius 1 is 0.878 bits per heavy atom. The van der Waals surface area contributed by atoms with Crippen molar-refractivity contribution in [1.29, 1.82) is 0 Å². The number of carbonyl (C=O) groups excluding carboxylic acids is 2. The van der Waals surface area contributed by atoms with Gasteiger partial charge in [0.05, 0.1) is 31.9 Å². The molecule has 5 rings (SSSR count). The molecule has 1 heterocycles. The second-order valence-electron chi connectivity index (χ2n) is 13.3. The monoisotopic (exact) mass is 671 g/mol. The van der Waals surface area contributed by atoms with Crippen LogP contribution in [0.5, 0.6) is 0 Å². The summed E-state index contributed by atoms with van der Waals surface area (Å²) in [4.78, 5) is 30.0. The van der Waals surface area contributed by atoms with Crippen molar-refractivity contribution in [3.05, 3.63) is 90.0 Å². The van der Waals surface area contributed by atoms with Crippen molar-refractivity contribution in [3.8, 4) is 11.1 Å². The first kappa shape index (κ1) is 36.5. The number of benzene rings is 3. The zero-order chi connectivity index (χ0) is 34.4. The molecule has 0 bridgehead atoms. The molecule has 1 aliphatic heterocycles. The number of anilines is 1. The number of unbranched alkanes of at least 4 members (excludes halogenated alkanes) is 1. The normalized spacial score (nSPS) is 18.8. The van der Waals surface area contributed by atoms with Crippen LogP contribution in [0.2, 0.25) is 0 Å². The number of rotatable bonds is 18. The SMILES string of the molecule is CCCCN(CC(OC)OC)C(=O)CCOCCc1ccc(CN2C[C@H]3C[C@H](OC(=O)Nc4ccccc4-c4ccccc4)C[C@H]3C2)cc1. The van der Waals surface area contributed by atoms with Crippen LogP contribution in [0, 0.1) is 11.8 Å². The Balaban J connectivity index is 0.981. The Morgan fingerprint density at radius 2 is 1.55 bits per heavy atom. The number of ether oxygens (including phenoxy) is 4. The molecule has 2 aliphatic rings. The lowest BCUT2D eigenvalue weighted by atomic mass is 10.0. The Kier molecular flexibility index (Phi) is 14.0. The summed E-state index contributed by atoms with van der Waals surface area (Å²) in [6, 6.07) is 26.7. The number of fused-ring (bicyclic) bond motifs is 1. The molecule has 3 atom stereocenters. The maximum absolute atomic E-state index is 12.9. The summed E-state index contributed by atoms with van der Waals surface area (Å²) in [7, 11) is 3.18. The molecule has 1 saturated carbocycles. The van der Waals surface area contributed by atoms with Gasteiger partial charge in [-0.2, -0.15) is 0 Å². The van der Waals surface area contributed by atoms with Gasteiger partial charge in [0.15, 0.2) is 6.29 Å². The molecule has 2 fully saturated rings. The van der Waals surface area contributed by atoms with E-state index in [4.69, 9.17) is 18.9 Å². The van der Waals surface area contributed by atoms with Crippen molar-refractivity contribution in [2.75, 3.05) is 58.9 Å². The number of likely N-dealkylation sites (tertiary alicyclic amines) is 1. The third-order valence-corrected chi connectivity index (χ3v) is 9.76. The van der Waals surface area contributed by atoms with Gasteiger partial charge < -0.3 is 23.8 Å². The standard InChI is InChI=1S/C40H53N3O6/c1-4-5-21-43(29-39(46-2)47-3)38(44)20-23-48-22-19-30-15-17-31(18-16-30)26-42-27-33-24-35(25-34(33)28-42)49-40(45)41-37-14-10-9-13-36(37)32-11-7-6-8-12-32/h6-18,33-35,39H,4-5,19-29H2,1-3H3,(H,41,45)/t33-,34+,35+. The van der Waals surface area contributed by atoms with Crippen LogP contribution in [-0.2, 0) is 36.7 Å². The first-order valence-electron chi connectivity index (χ1n) is 17.8. The Bertz CT molecular complexity index is 1430. The molecule has 0 spiro atoms. The quantitative estimate of drug-likeness (QED) is 0.115. The van der Waals surface area contributed by atoms with E-state index < -0.39 is 6.29 Å². The summed E-state index contributed by atoms with van der Waals surface area (Å²) in [6.45, 7) is 7.21. The molecule has 0 unspecified atom stereocenters. The van der Waals surface area contributed by atoms with E-state index in [0.717, 1.165) is 68.6 Å². The van der Waals surface area contributed by atoms with E-state index in [9.17, 15) is 9.59 Å². The van der Waals surface area contributed by atoms with E-state index in [1.807, 2.05) is 59.5 Å². The van der Waals surface area contributed by atoms with Gasteiger partial charge in [0.2, 0.25) is 5.91 Å². The van der Waals surface area contributed by atoms with E-state index >= 15 is 0 Å². The topological polar surface area (TPSA) is 89.6 Å².